The zero-order valence-corrected chi connectivity index (χ0v) is 13.4. The Morgan fingerprint density at radius 1 is 1.18 bits per heavy atom. The molecule has 124 valence electrons. The van der Waals surface area contributed by atoms with E-state index < -0.39 is 18.0 Å². The lowest BCUT2D eigenvalue weighted by atomic mass is 10.1. The van der Waals surface area contributed by atoms with E-state index in [1.54, 1.807) is 21.1 Å². The van der Waals surface area contributed by atoms with Crippen LogP contribution in [0.25, 0.3) is 0 Å². The van der Waals surface area contributed by atoms with E-state index in [1.807, 2.05) is 0 Å². The van der Waals surface area contributed by atoms with Crippen molar-refractivity contribution in [1.29, 1.82) is 0 Å². The summed E-state index contributed by atoms with van der Waals surface area (Å²) >= 11 is 0. The third-order valence-corrected chi connectivity index (χ3v) is 3.92. The van der Waals surface area contributed by atoms with E-state index in [-0.39, 0.29) is 17.8 Å². The predicted molar refractivity (Wildman–Crippen MR) is 78.1 cm³/mol. The average Bonchev–Trinajstić information content (AvgIpc) is 2.86. The molecule has 1 aliphatic heterocycles. The van der Waals surface area contributed by atoms with Gasteiger partial charge >= 0.3 is 5.69 Å². The van der Waals surface area contributed by atoms with E-state index in [0.29, 0.717) is 12.2 Å². The SMILES string of the molecule is COCC1OC(n2cc(C)c(=O)n(C)c2=O)C(OC)C1OC. The molecule has 8 nitrogen and oxygen atoms in total. The van der Waals surface area contributed by atoms with Gasteiger partial charge in [-0.1, -0.05) is 0 Å². The number of ether oxygens (including phenoxy) is 4. The first kappa shape index (κ1) is 16.9. The van der Waals surface area contributed by atoms with Gasteiger partial charge in [-0.15, -0.1) is 0 Å². The molecule has 4 unspecified atom stereocenters. The van der Waals surface area contributed by atoms with E-state index in [9.17, 15) is 9.59 Å². The summed E-state index contributed by atoms with van der Waals surface area (Å²) in [4.78, 5) is 24.2. The molecular formula is C14H22N2O6. The number of aromatic nitrogens is 2. The molecule has 0 radical (unpaired) electrons. The van der Waals surface area contributed by atoms with Gasteiger partial charge in [0.1, 0.15) is 18.3 Å². The standard InChI is InChI=1S/C14H22N2O6/c1-8-6-16(14(18)15(2)12(8)17)13-11(21-5)10(20-4)9(22-13)7-19-3/h6,9-11,13H,7H2,1-5H3. The quantitative estimate of drug-likeness (QED) is 0.724. The van der Waals surface area contributed by atoms with Gasteiger partial charge in [0.25, 0.3) is 5.56 Å². The summed E-state index contributed by atoms with van der Waals surface area (Å²) in [7, 11) is 6.08. The number of methoxy groups -OCH3 is 3. The van der Waals surface area contributed by atoms with Gasteiger partial charge < -0.3 is 18.9 Å². The maximum Gasteiger partial charge on any atom is 0.332 e. The first-order valence-corrected chi connectivity index (χ1v) is 6.95. The van der Waals surface area contributed by atoms with Crippen molar-refractivity contribution < 1.29 is 18.9 Å². The van der Waals surface area contributed by atoms with Gasteiger partial charge in [0, 0.05) is 40.1 Å². The Kier molecular flexibility index (Phi) is 5.17. The number of nitrogens with zero attached hydrogens (tertiary/aromatic N) is 2. The highest BCUT2D eigenvalue weighted by atomic mass is 16.6. The molecule has 1 aromatic heterocycles. The number of rotatable bonds is 5. The first-order valence-electron chi connectivity index (χ1n) is 6.95. The van der Waals surface area contributed by atoms with E-state index >= 15 is 0 Å². The highest BCUT2D eigenvalue weighted by Crippen LogP contribution is 2.32. The highest BCUT2D eigenvalue weighted by molar-refractivity contribution is 5.04. The number of aryl methyl sites for hydroxylation is 1. The molecular weight excluding hydrogens is 292 g/mol. The van der Waals surface area contributed by atoms with Crippen molar-refractivity contribution in [2.45, 2.75) is 31.5 Å². The van der Waals surface area contributed by atoms with Crippen LogP contribution in [0.4, 0.5) is 0 Å². The molecule has 1 saturated heterocycles. The van der Waals surface area contributed by atoms with Gasteiger partial charge in [0.15, 0.2) is 6.23 Å². The fourth-order valence-corrected chi connectivity index (χ4v) is 2.79. The molecule has 2 rings (SSSR count). The Hall–Kier alpha value is -1.48. The van der Waals surface area contributed by atoms with Gasteiger partial charge in [0.2, 0.25) is 0 Å². The van der Waals surface area contributed by atoms with Crippen molar-refractivity contribution in [3.63, 3.8) is 0 Å². The van der Waals surface area contributed by atoms with Crippen molar-refractivity contribution in [3.05, 3.63) is 32.6 Å². The molecule has 2 heterocycles. The van der Waals surface area contributed by atoms with Crippen LogP contribution in [0.15, 0.2) is 15.8 Å². The zero-order chi connectivity index (χ0) is 16.4. The van der Waals surface area contributed by atoms with Crippen LogP contribution in [0.3, 0.4) is 0 Å². The Morgan fingerprint density at radius 3 is 2.36 bits per heavy atom. The molecule has 1 aliphatic rings. The molecule has 4 atom stereocenters. The topological polar surface area (TPSA) is 80.9 Å². The molecule has 8 heteroatoms. The fraction of sp³-hybridized carbons (Fsp3) is 0.714. The third-order valence-electron chi connectivity index (χ3n) is 3.92. The average molecular weight is 314 g/mol. The van der Waals surface area contributed by atoms with E-state index in [1.165, 1.54) is 24.9 Å². The maximum atomic E-state index is 12.4. The number of hydrogen-bond acceptors (Lipinski definition) is 6. The Balaban J connectivity index is 2.48. The van der Waals surface area contributed by atoms with Crippen molar-refractivity contribution >= 4 is 0 Å². The summed E-state index contributed by atoms with van der Waals surface area (Å²) < 4.78 is 24.4. The van der Waals surface area contributed by atoms with Crippen LogP contribution >= 0.6 is 0 Å². The van der Waals surface area contributed by atoms with Crippen LogP contribution in [0.2, 0.25) is 0 Å². The molecule has 0 bridgehead atoms. The van der Waals surface area contributed by atoms with E-state index in [0.717, 1.165) is 4.57 Å². The van der Waals surface area contributed by atoms with E-state index in [4.69, 9.17) is 18.9 Å². The maximum absolute atomic E-state index is 12.4. The minimum Gasteiger partial charge on any atom is -0.382 e. The van der Waals surface area contributed by atoms with Crippen LogP contribution < -0.4 is 11.2 Å². The van der Waals surface area contributed by atoms with Gasteiger partial charge in [0.05, 0.1) is 6.61 Å². The lowest BCUT2D eigenvalue weighted by Crippen LogP contribution is -2.43. The molecule has 0 spiro atoms. The molecule has 1 fully saturated rings. The third kappa shape index (κ3) is 2.74. The Labute approximate surface area is 128 Å². The summed E-state index contributed by atoms with van der Waals surface area (Å²) in [6.07, 6.45) is -0.426. The minimum absolute atomic E-state index is 0.314. The highest BCUT2D eigenvalue weighted by Gasteiger charge is 2.46. The molecule has 0 saturated carbocycles. The minimum atomic E-state index is -0.687. The summed E-state index contributed by atoms with van der Waals surface area (Å²) in [5.41, 5.74) is -0.342. The second-order valence-electron chi connectivity index (χ2n) is 5.29. The smallest absolute Gasteiger partial charge is 0.332 e. The van der Waals surface area contributed by atoms with Crippen molar-refractivity contribution in [2.24, 2.45) is 7.05 Å². The summed E-state index contributed by atoms with van der Waals surface area (Å²) in [6, 6.07) is 0. The van der Waals surface area contributed by atoms with Gasteiger partial charge in [-0.05, 0) is 6.92 Å². The molecule has 0 aromatic carbocycles. The van der Waals surface area contributed by atoms with Crippen LogP contribution in [0, 0.1) is 6.92 Å². The summed E-state index contributed by atoms with van der Waals surface area (Å²) in [6.45, 7) is 1.96. The normalized spacial score (nSPS) is 28.2. The second kappa shape index (κ2) is 6.74. The van der Waals surface area contributed by atoms with Crippen molar-refractivity contribution in [2.75, 3.05) is 27.9 Å². The fourth-order valence-electron chi connectivity index (χ4n) is 2.79. The van der Waals surface area contributed by atoms with Crippen LogP contribution in [0.1, 0.15) is 11.8 Å². The largest absolute Gasteiger partial charge is 0.382 e. The number of hydrogen-bond donors (Lipinski definition) is 0. The first-order chi connectivity index (χ1) is 10.5. The Morgan fingerprint density at radius 2 is 1.82 bits per heavy atom. The molecule has 1 aromatic rings. The predicted octanol–water partition coefficient (Wildman–Crippen LogP) is -0.571. The van der Waals surface area contributed by atoms with Crippen molar-refractivity contribution in [1.82, 2.24) is 9.13 Å². The monoisotopic (exact) mass is 314 g/mol. The van der Waals surface area contributed by atoms with E-state index in [2.05, 4.69) is 0 Å². The molecule has 0 N–H and O–H groups in total. The lowest BCUT2D eigenvalue weighted by molar-refractivity contribution is -0.0678. The van der Waals surface area contributed by atoms with Gasteiger partial charge in [-0.3, -0.25) is 13.9 Å². The molecule has 0 aliphatic carbocycles. The molecule has 0 amide bonds. The summed E-state index contributed by atoms with van der Waals surface area (Å²) in [5.74, 6) is 0. The van der Waals surface area contributed by atoms with Gasteiger partial charge in [-0.25, -0.2) is 4.79 Å². The van der Waals surface area contributed by atoms with Crippen LogP contribution in [0.5, 0.6) is 0 Å². The van der Waals surface area contributed by atoms with Gasteiger partial charge in [-0.2, -0.15) is 0 Å². The van der Waals surface area contributed by atoms with Crippen molar-refractivity contribution in [3.8, 4) is 0 Å². The second-order valence-corrected chi connectivity index (χ2v) is 5.29. The summed E-state index contributed by atoms with van der Waals surface area (Å²) in [5, 5.41) is 0. The zero-order valence-electron chi connectivity index (χ0n) is 13.4. The molecule has 22 heavy (non-hydrogen) atoms. The van der Waals surface area contributed by atoms with Crippen LogP contribution in [-0.2, 0) is 26.0 Å². The lowest BCUT2D eigenvalue weighted by Gasteiger charge is -2.22. The Bertz CT molecular complexity index is 637. The van der Waals surface area contributed by atoms with Crippen LogP contribution in [-0.4, -0.2) is 55.4 Å².